The van der Waals surface area contributed by atoms with E-state index < -0.39 is 0 Å². The Morgan fingerprint density at radius 1 is 1.00 bits per heavy atom. The highest BCUT2D eigenvalue weighted by Gasteiger charge is 2.15. The number of rotatable bonds is 2. The van der Waals surface area contributed by atoms with Gasteiger partial charge in [-0.05, 0) is 19.3 Å². The summed E-state index contributed by atoms with van der Waals surface area (Å²) in [6.45, 7) is 2.20. The molecule has 88 valence electrons. The van der Waals surface area contributed by atoms with Crippen molar-refractivity contribution in [2.45, 2.75) is 19.3 Å². The van der Waals surface area contributed by atoms with E-state index in [1.807, 2.05) is 36.4 Å². The topological polar surface area (TPSA) is 29.3 Å². The van der Waals surface area contributed by atoms with Gasteiger partial charge in [0.25, 0.3) is 0 Å². The number of hydrogen-bond acceptors (Lipinski definition) is 3. The summed E-state index contributed by atoms with van der Waals surface area (Å²) in [5, 5.41) is 4.17. The first-order valence-corrected chi connectivity index (χ1v) is 6.20. The highest BCUT2D eigenvalue weighted by atomic mass is 16.5. The van der Waals surface area contributed by atoms with Gasteiger partial charge in [0.05, 0.1) is 0 Å². The third-order valence-electron chi connectivity index (χ3n) is 3.24. The maximum absolute atomic E-state index is 5.41. The average Bonchev–Trinajstić information content (AvgIpc) is 2.90. The number of aromatic nitrogens is 1. The minimum Gasteiger partial charge on any atom is -0.354 e. The fourth-order valence-electron chi connectivity index (χ4n) is 2.28. The Balaban J connectivity index is 1.83. The first-order chi connectivity index (χ1) is 8.43. The van der Waals surface area contributed by atoms with Gasteiger partial charge >= 0.3 is 0 Å². The zero-order valence-electron chi connectivity index (χ0n) is 9.80. The van der Waals surface area contributed by atoms with Gasteiger partial charge in [0.15, 0.2) is 11.6 Å². The molecule has 0 unspecified atom stereocenters. The van der Waals surface area contributed by atoms with Crippen LogP contribution in [0.1, 0.15) is 19.3 Å². The van der Waals surface area contributed by atoms with E-state index >= 15 is 0 Å². The number of nitrogens with zero attached hydrogens (tertiary/aromatic N) is 2. The average molecular weight is 228 g/mol. The molecule has 0 amide bonds. The second-order valence-corrected chi connectivity index (χ2v) is 4.46. The van der Waals surface area contributed by atoms with E-state index in [0.29, 0.717) is 0 Å². The Kier molecular flexibility index (Phi) is 2.82. The molecule has 3 nitrogen and oxygen atoms in total. The summed E-state index contributed by atoms with van der Waals surface area (Å²) in [5.74, 6) is 1.83. The van der Waals surface area contributed by atoms with E-state index in [-0.39, 0.29) is 0 Å². The lowest BCUT2D eigenvalue weighted by Crippen LogP contribution is -2.29. The van der Waals surface area contributed by atoms with E-state index in [0.717, 1.165) is 30.2 Å². The minimum atomic E-state index is 0.853. The van der Waals surface area contributed by atoms with Crippen LogP contribution in [0.2, 0.25) is 0 Å². The summed E-state index contributed by atoms with van der Waals surface area (Å²) in [4.78, 5) is 2.31. The van der Waals surface area contributed by atoms with Crippen LogP contribution in [-0.4, -0.2) is 18.2 Å². The van der Waals surface area contributed by atoms with Crippen LogP contribution in [0.3, 0.4) is 0 Å². The van der Waals surface area contributed by atoms with Gasteiger partial charge in [-0.25, -0.2) is 0 Å². The molecule has 1 aromatic heterocycles. The number of hydrogen-bond donors (Lipinski definition) is 0. The molecule has 1 saturated heterocycles. The molecule has 0 atom stereocenters. The maximum Gasteiger partial charge on any atom is 0.172 e. The van der Waals surface area contributed by atoms with Crippen molar-refractivity contribution in [2.24, 2.45) is 0 Å². The molecule has 0 radical (unpaired) electrons. The van der Waals surface area contributed by atoms with Gasteiger partial charge in [-0.2, -0.15) is 0 Å². The molecule has 0 saturated carbocycles. The quantitative estimate of drug-likeness (QED) is 0.789. The minimum absolute atomic E-state index is 0.853. The second kappa shape index (κ2) is 4.62. The standard InChI is InChI=1S/C14H16N2O/c1-3-7-12(8-4-1)13-11-14(15-17-13)16-9-5-2-6-10-16/h1,3-4,7-8,11H,2,5-6,9-10H2. The molecular formula is C14H16N2O. The van der Waals surface area contributed by atoms with Crippen LogP contribution in [0.4, 0.5) is 5.82 Å². The van der Waals surface area contributed by atoms with Gasteiger partial charge < -0.3 is 9.42 Å². The van der Waals surface area contributed by atoms with Gasteiger partial charge in [-0.15, -0.1) is 0 Å². The maximum atomic E-state index is 5.41. The lowest BCUT2D eigenvalue weighted by atomic mass is 10.1. The van der Waals surface area contributed by atoms with Crippen molar-refractivity contribution in [2.75, 3.05) is 18.0 Å². The zero-order chi connectivity index (χ0) is 11.5. The Morgan fingerprint density at radius 3 is 2.53 bits per heavy atom. The molecule has 1 aliphatic heterocycles. The summed E-state index contributed by atoms with van der Waals surface area (Å²) >= 11 is 0. The van der Waals surface area contributed by atoms with Gasteiger partial charge in [0, 0.05) is 24.7 Å². The summed E-state index contributed by atoms with van der Waals surface area (Å²) in [6, 6.07) is 12.2. The third kappa shape index (κ3) is 2.18. The lowest BCUT2D eigenvalue weighted by Gasteiger charge is -2.25. The smallest absolute Gasteiger partial charge is 0.172 e. The van der Waals surface area contributed by atoms with E-state index in [9.17, 15) is 0 Å². The fraction of sp³-hybridized carbons (Fsp3) is 0.357. The largest absolute Gasteiger partial charge is 0.354 e. The van der Waals surface area contributed by atoms with Crippen LogP contribution in [-0.2, 0) is 0 Å². The molecule has 0 N–H and O–H groups in total. The van der Waals surface area contributed by atoms with Gasteiger partial charge in [-0.1, -0.05) is 35.5 Å². The Labute approximate surface area is 101 Å². The first kappa shape index (κ1) is 10.4. The summed E-state index contributed by atoms with van der Waals surface area (Å²) in [6.07, 6.45) is 3.85. The molecule has 3 rings (SSSR count). The van der Waals surface area contributed by atoms with Crippen molar-refractivity contribution in [3.63, 3.8) is 0 Å². The molecular weight excluding hydrogens is 212 g/mol. The molecule has 2 heterocycles. The van der Waals surface area contributed by atoms with Crippen molar-refractivity contribution >= 4 is 5.82 Å². The Hall–Kier alpha value is -1.77. The Morgan fingerprint density at radius 2 is 1.76 bits per heavy atom. The number of benzene rings is 1. The second-order valence-electron chi connectivity index (χ2n) is 4.46. The van der Waals surface area contributed by atoms with Crippen LogP contribution < -0.4 is 4.90 Å². The summed E-state index contributed by atoms with van der Waals surface area (Å²) < 4.78 is 5.41. The Bertz CT molecular complexity index is 472. The van der Waals surface area contributed by atoms with E-state index in [1.54, 1.807) is 0 Å². The van der Waals surface area contributed by atoms with Gasteiger partial charge in [-0.3, -0.25) is 0 Å². The van der Waals surface area contributed by atoms with E-state index in [1.165, 1.54) is 19.3 Å². The predicted octanol–water partition coefficient (Wildman–Crippen LogP) is 3.33. The molecule has 1 fully saturated rings. The highest BCUT2D eigenvalue weighted by Crippen LogP contribution is 2.25. The van der Waals surface area contributed by atoms with Crippen LogP contribution in [0.25, 0.3) is 11.3 Å². The van der Waals surface area contributed by atoms with Crippen LogP contribution >= 0.6 is 0 Å². The lowest BCUT2D eigenvalue weighted by molar-refractivity contribution is 0.428. The van der Waals surface area contributed by atoms with Gasteiger partial charge in [0.1, 0.15) is 0 Å². The molecule has 1 aliphatic rings. The number of anilines is 1. The van der Waals surface area contributed by atoms with Crippen LogP contribution in [0.15, 0.2) is 40.9 Å². The monoisotopic (exact) mass is 228 g/mol. The first-order valence-electron chi connectivity index (χ1n) is 6.20. The van der Waals surface area contributed by atoms with Crippen molar-refractivity contribution in [1.29, 1.82) is 0 Å². The van der Waals surface area contributed by atoms with Crippen molar-refractivity contribution in [3.05, 3.63) is 36.4 Å². The van der Waals surface area contributed by atoms with Crippen LogP contribution in [0, 0.1) is 0 Å². The molecule has 0 spiro atoms. The summed E-state index contributed by atoms with van der Waals surface area (Å²) in [7, 11) is 0. The zero-order valence-corrected chi connectivity index (χ0v) is 9.80. The SMILES string of the molecule is c1ccc(-c2cc(N3CCCCC3)no2)cc1. The highest BCUT2D eigenvalue weighted by molar-refractivity contribution is 5.60. The normalized spacial score (nSPS) is 16.1. The van der Waals surface area contributed by atoms with E-state index in [4.69, 9.17) is 4.52 Å². The van der Waals surface area contributed by atoms with Crippen molar-refractivity contribution in [1.82, 2.24) is 5.16 Å². The molecule has 0 aliphatic carbocycles. The molecule has 2 aromatic rings. The van der Waals surface area contributed by atoms with Crippen molar-refractivity contribution < 1.29 is 4.52 Å². The van der Waals surface area contributed by atoms with Crippen LogP contribution in [0.5, 0.6) is 0 Å². The molecule has 17 heavy (non-hydrogen) atoms. The molecule has 1 aromatic carbocycles. The predicted molar refractivity (Wildman–Crippen MR) is 68.0 cm³/mol. The fourth-order valence-corrected chi connectivity index (χ4v) is 2.28. The third-order valence-corrected chi connectivity index (χ3v) is 3.24. The molecule has 3 heteroatoms. The number of piperidine rings is 1. The molecule has 0 bridgehead atoms. The van der Waals surface area contributed by atoms with Crippen molar-refractivity contribution in [3.8, 4) is 11.3 Å². The summed E-state index contributed by atoms with van der Waals surface area (Å²) in [5.41, 5.74) is 1.09. The van der Waals surface area contributed by atoms with Gasteiger partial charge in [0.2, 0.25) is 0 Å². The van der Waals surface area contributed by atoms with E-state index in [2.05, 4.69) is 10.1 Å².